The van der Waals surface area contributed by atoms with Crippen molar-refractivity contribution in [1.29, 1.82) is 0 Å². The summed E-state index contributed by atoms with van der Waals surface area (Å²) < 4.78 is 10.2. The second kappa shape index (κ2) is 7.97. The third-order valence-corrected chi connectivity index (χ3v) is 5.74. The van der Waals surface area contributed by atoms with E-state index < -0.39 is 6.10 Å². The zero-order chi connectivity index (χ0) is 20.5. The molecule has 0 saturated carbocycles. The molecule has 0 aliphatic heterocycles. The van der Waals surface area contributed by atoms with Crippen LogP contribution in [0, 0.1) is 6.92 Å². The van der Waals surface area contributed by atoms with Crippen molar-refractivity contribution in [2.75, 3.05) is 5.75 Å². The third-order valence-electron chi connectivity index (χ3n) is 4.37. The van der Waals surface area contributed by atoms with Gasteiger partial charge >= 0.3 is 0 Å². The molecule has 4 rings (SSSR count). The van der Waals surface area contributed by atoms with E-state index in [4.69, 9.17) is 4.52 Å². The Hall–Kier alpha value is -2.70. The molecule has 3 heterocycles. The van der Waals surface area contributed by atoms with Crippen LogP contribution in [-0.2, 0) is 7.05 Å². The Morgan fingerprint density at radius 1 is 1.31 bits per heavy atom. The van der Waals surface area contributed by atoms with Crippen molar-refractivity contribution in [2.45, 2.75) is 18.2 Å². The van der Waals surface area contributed by atoms with Crippen molar-refractivity contribution >= 4 is 27.7 Å². The molecule has 0 bridgehead atoms. The fraction of sp³-hybridized carbons (Fsp3) is 0.235. The second-order valence-electron chi connectivity index (χ2n) is 6.16. The number of aliphatic hydroxyl groups excluding tert-OH is 1. The number of rotatable bonds is 6. The average Bonchev–Trinajstić information content (AvgIpc) is 3.40. The Labute approximate surface area is 177 Å². The van der Waals surface area contributed by atoms with Crippen LogP contribution in [-0.4, -0.2) is 45.6 Å². The van der Waals surface area contributed by atoms with Gasteiger partial charge in [-0.25, -0.2) is 4.68 Å². The SMILES string of the molecule is Cc1c(-n2nnnc2SCC(O)c2cc(Br)no2)c(=O)n(-c2ccccc2)n1C. The number of thioether (sulfide) groups is 1. The molecule has 0 fully saturated rings. The van der Waals surface area contributed by atoms with Gasteiger partial charge in [0.2, 0.25) is 5.16 Å². The van der Waals surface area contributed by atoms with Crippen LogP contribution >= 0.6 is 27.7 Å². The summed E-state index contributed by atoms with van der Waals surface area (Å²) in [7, 11) is 1.80. The topological polar surface area (TPSA) is 117 Å². The van der Waals surface area contributed by atoms with Crippen molar-refractivity contribution in [1.82, 2.24) is 34.7 Å². The van der Waals surface area contributed by atoms with Crippen LogP contribution in [0.5, 0.6) is 0 Å². The third kappa shape index (κ3) is 3.66. The van der Waals surface area contributed by atoms with E-state index in [0.717, 1.165) is 5.69 Å². The van der Waals surface area contributed by atoms with Gasteiger partial charge in [-0.1, -0.05) is 35.1 Å². The summed E-state index contributed by atoms with van der Waals surface area (Å²) in [5.41, 5.74) is 1.54. The number of halogens is 1. The number of aliphatic hydroxyl groups is 1. The van der Waals surface area contributed by atoms with Gasteiger partial charge in [-0.15, -0.1) is 5.10 Å². The van der Waals surface area contributed by atoms with Crippen LogP contribution in [0.2, 0.25) is 0 Å². The summed E-state index contributed by atoms with van der Waals surface area (Å²) in [6, 6.07) is 10.9. The number of benzene rings is 1. The molecule has 1 aromatic carbocycles. The van der Waals surface area contributed by atoms with E-state index in [-0.39, 0.29) is 11.3 Å². The van der Waals surface area contributed by atoms with Crippen LogP contribution in [0.1, 0.15) is 17.6 Å². The molecule has 12 heteroatoms. The molecule has 150 valence electrons. The highest BCUT2D eigenvalue weighted by Crippen LogP contribution is 2.26. The number of hydrogen-bond donors (Lipinski definition) is 1. The second-order valence-corrected chi connectivity index (χ2v) is 7.96. The van der Waals surface area contributed by atoms with Gasteiger partial charge in [0, 0.05) is 18.9 Å². The summed E-state index contributed by atoms with van der Waals surface area (Å²) in [5.74, 6) is 0.548. The maximum Gasteiger partial charge on any atom is 0.297 e. The summed E-state index contributed by atoms with van der Waals surface area (Å²) in [6.45, 7) is 1.83. The fourth-order valence-corrected chi connectivity index (χ4v) is 3.98. The molecule has 4 aromatic rings. The highest BCUT2D eigenvalue weighted by atomic mass is 79.9. The first-order valence-corrected chi connectivity index (χ1v) is 10.3. The van der Waals surface area contributed by atoms with E-state index in [2.05, 4.69) is 36.6 Å². The largest absolute Gasteiger partial charge is 0.384 e. The van der Waals surface area contributed by atoms with Crippen LogP contribution in [0.25, 0.3) is 11.4 Å². The van der Waals surface area contributed by atoms with Gasteiger partial charge in [0.1, 0.15) is 10.7 Å². The van der Waals surface area contributed by atoms with E-state index in [1.165, 1.54) is 16.4 Å². The van der Waals surface area contributed by atoms with Crippen molar-refractivity contribution in [3.05, 3.63) is 62.8 Å². The maximum atomic E-state index is 13.2. The Bertz CT molecular complexity index is 1200. The van der Waals surface area contributed by atoms with Crippen LogP contribution in [0.4, 0.5) is 0 Å². The van der Waals surface area contributed by atoms with Gasteiger partial charge in [0.05, 0.1) is 11.4 Å². The monoisotopic (exact) mass is 477 g/mol. The average molecular weight is 478 g/mol. The molecular weight excluding hydrogens is 462 g/mol. The summed E-state index contributed by atoms with van der Waals surface area (Å²) in [5, 5.41) is 26.1. The van der Waals surface area contributed by atoms with Gasteiger partial charge in [0.15, 0.2) is 11.4 Å². The van der Waals surface area contributed by atoms with Gasteiger partial charge in [-0.2, -0.15) is 4.68 Å². The minimum absolute atomic E-state index is 0.223. The molecule has 0 aliphatic rings. The first-order valence-electron chi connectivity index (χ1n) is 8.53. The lowest BCUT2D eigenvalue weighted by atomic mass is 10.3. The first-order chi connectivity index (χ1) is 14.0. The Morgan fingerprint density at radius 2 is 2.07 bits per heavy atom. The molecule has 1 N–H and O–H groups in total. The molecule has 0 amide bonds. The lowest BCUT2D eigenvalue weighted by Gasteiger charge is -2.07. The van der Waals surface area contributed by atoms with Crippen molar-refractivity contribution in [3.63, 3.8) is 0 Å². The normalized spacial score (nSPS) is 12.4. The quantitative estimate of drug-likeness (QED) is 0.419. The van der Waals surface area contributed by atoms with Crippen molar-refractivity contribution in [2.24, 2.45) is 7.05 Å². The molecule has 0 spiro atoms. The standard InChI is InChI=1S/C17H16BrN7O3S/c1-10-15(16(27)25(23(10)2)11-6-4-3-5-7-11)24-17(19-21-22-24)29-9-12(26)13-8-14(18)20-28-13/h3-8,12,26H,9H2,1-2H3. The van der Waals surface area contributed by atoms with Crippen molar-refractivity contribution < 1.29 is 9.63 Å². The molecular formula is C17H16BrN7O3S. The molecule has 0 radical (unpaired) electrons. The predicted octanol–water partition coefficient (Wildman–Crippen LogP) is 2.04. The minimum Gasteiger partial charge on any atom is -0.384 e. The number of tetrazole rings is 1. The summed E-state index contributed by atoms with van der Waals surface area (Å²) >= 11 is 4.38. The first kappa shape index (κ1) is 19.6. The van der Waals surface area contributed by atoms with Gasteiger partial charge in [-0.05, 0) is 45.4 Å². The lowest BCUT2D eigenvalue weighted by Crippen LogP contribution is -2.22. The zero-order valence-electron chi connectivity index (χ0n) is 15.4. The minimum atomic E-state index is -0.901. The number of para-hydroxylation sites is 1. The molecule has 0 aliphatic carbocycles. The Morgan fingerprint density at radius 3 is 2.76 bits per heavy atom. The highest BCUT2D eigenvalue weighted by molar-refractivity contribution is 9.10. The van der Waals surface area contributed by atoms with E-state index in [1.54, 1.807) is 22.5 Å². The highest BCUT2D eigenvalue weighted by Gasteiger charge is 2.23. The van der Waals surface area contributed by atoms with Gasteiger partial charge in [-0.3, -0.25) is 9.48 Å². The molecule has 1 atom stereocenters. The van der Waals surface area contributed by atoms with E-state index >= 15 is 0 Å². The number of aromatic nitrogens is 7. The summed E-state index contributed by atoms with van der Waals surface area (Å²) in [4.78, 5) is 13.2. The zero-order valence-corrected chi connectivity index (χ0v) is 17.8. The molecule has 29 heavy (non-hydrogen) atoms. The number of hydrogen-bond acceptors (Lipinski definition) is 8. The number of nitrogens with zero attached hydrogens (tertiary/aromatic N) is 7. The lowest BCUT2D eigenvalue weighted by molar-refractivity contribution is 0.162. The van der Waals surface area contributed by atoms with Crippen LogP contribution in [0.3, 0.4) is 0 Å². The predicted molar refractivity (Wildman–Crippen MR) is 108 cm³/mol. The molecule has 1 unspecified atom stereocenters. The van der Waals surface area contributed by atoms with Gasteiger partial charge in [0.25, 0.3) is 5.56 Å². The van der Waals surface area contributed by atoms with E-state index in [1.807, 2.05) is 37.3 Å². The van der Waals surface area contributed by atoms with Crippen LogP contribution in [0.15, 0.2) is 55.5 Å². The van der Waals surface area contributed by atoms with Crippen LogP contribution < -0.4 is 5.56 Å². The van der Waals surface area contributed by atoms with Gasteiger partial charge < -0.3 is 9.63 Å². The molecule has 10 nitrogen and oxygen atoms in total. The molecule has 0 saturated heterocycles. The summed E-state index contributed by atoms with van der Waals surface area (Å²) in [6.07, 6.45) is -0.901. The Balaban J connectivity index is 1.66. The fourth-order valence-electron chi connectivity index (χ4n) is 2.87. The van der Waals surface area contributed by atoms with E-state index in [9.17, 15) is 9.90 Å². The smallest absolute Gasteiger partial charge is 0.297 e. The van der Waals surface area contributed by atoms with Crippen molar-refractivity contribution in [3.8, 4) is 11.4 Å². The molecule has 3 aromatic heterocycles. The maximum absolute atomic E-state index is 13.2. The van der Waals surface area contributed by atoms with E-state index in [0.29, 0.717) is 26.9 Å². The Kier molecular flexibility index (Phi) is 5.39.